The fourth-order valence-electron chi connectivity index (χ4n) is 3.51. The molecule has 0 spiro atoms. The van der Waals surface area contributed by atoms with Crippen molar-refractivity contribution in [1.82, 2.24) is 10.1 Å². The molecule has 0 fully saturated rings. The van der Waals surface area contributed by atoms with Crippen LogP contribution < -0.4 is 15.1 Å². The number of hydrogen-bond acceptors (Lipinski definition) is 4. The number of hydrogen-bond donors (Lipinski definition) is 1. The number of carbonyl (C=O) groups is 1. The number of rotatable bonds is 4. The minimum absolute atomic E-state index is 0.209. The first-order chi connectivity index (χ1) is 14.4. The molecule has 0 aliphatic carbocycles. The number of nitrogens with zero attached hydrogens (tertiary/aromatic N) is 3. The Morgan fingerprint density at radius 1 is 1.33 bits per heavy atom. The summed E-state index contributed by atoms with van der Waals surface area (Å²) in [6.45, 7) is 5.17. The van der Waals surface area contributed by atoms with Crippen LogP contribution in [0.1, 0.15) is 18.7 Å². The molecule has 6 nitrogen and oxygen atoms in total. The van der Waals surface area contributed by atoms with Gasteiger partial charge >= 0.3 is 11.3 Å². The lowest BCUT2D eigenvalue weighted by atomic mass is 10.0. The maximum absolute atomic E-state index is 13.1. The van der Waals surface area contributed by atoms with Crippen LogP contribution in [0.2, 0.25) is 10.0 Å². The SMILES string of the molecule is C=CCSc1n[n+]2c(c(=O)[nH]1)-c1ccccc1N(C(C)=O)C2c1ccc(Cl)cc1Cl. The number of benzene rings is 2. The molecule has 1 aliphatic rings. The monoisotopic (exact) mass is 459 g/mol. The molecule has 1 aromatic heterocycles. The lowest BCUT2D eigenvalue weighted by Gasteiger charge is -2.31. The van der Waals surface area contributed by atoms with Gasteiger partial charge in [0, 0.05) is 22.8 Å². The molecule has 9 heteroatoms. The summed E-state index contributed by atoms with van der Waals surface area (Å²) in [5.74, 6) is 0.362. The van der Waals surface area contributed by atoms with Crippen molar-refractivity contribution in [2.45, 2.75) is 18.2 Å². The zero-order valence-corrected chi connectivity index (χ0v) is 18.3. The lowest BCUT2D eigenvalue weighted by molar-refractivity contribution is -0.763. The van der Waals surface area contributed by atoms with Crippen LogP contribution in [0.15, 0.2) is 65.1 Å². The Labute approximate surface area is 187 Å². The van der Waals surface area contributed by atoms with Crippen molar-refractivity contribution < 1.29 is 9.48 Å². The highest BCUT2D eigenvalue weighted by Gasteiger charge is 2.45. The first-order valence-corrected chi connectivity index (χ1v) is 10.8. The highest BCUT2D eigenvalue weighted by molar-refractivity contribution is 7.99. The predicted octanol–water partition coefficient (Wildman–Crippen LogP) is 4.22. The highest BCUT2D eigenvalue weighted by atomic mass is 35.5. The minimum atomic E-state index is -0.748. The molecule has 152 valence electrons. The van der Waals surface area contributed by atoms with Gasteiger partial charge < -0.3 is 0 Å². The number of nitrogens with one attached hydrogen (secondary N) is 1. The van der Waals surface area contributed by atoms with Crippen LogP contribution >= 0.6 is 35.0 Å². The Bertz CT molecular complexity index is 1230. The number of anilines is 1. The van der Waals surface area contributed by atoms with Gasteiger partial charge in [0.05, 0.1) is 21.8 Å². The Morgan fingerprint density at radius 2 is 2.10 bits per heavy atom. The van der Waals surface area contributed by atoms with Crippen LogP contribution in [0.5, 0.6) is 0 Å². The van der Waals surface area contributed by atoms with E-state index in [2.05, 4.69) is 16.7 Å². The van der Waals surface area contributed by atoms with E-state index in [-0.39, 0.29) is 11.5 Å². The summed E-state index contributed by atoms with van der Waals surface area (Å²) in [6.07, 6.45) is 0.974. The van der Waals surface area contributed by atoms with Gasteiger partial charge in [0.1, 0.15) is 0 Å². The van der Waals surface area contributed by atoms with Crippen LogP contribution in [0.3, 0.4) is 0 Å². The van der Waals surface area contributed by atoms with Crippen LogP contribution in [-0.4, -0.2) is 21.7 Å². The number of thioether (sulfide) groups is 1. The summed E-state index contributed by atoms with van der Waals surface area (Å²) >= 11 is 13.9. The van der Waals surface area contributed by atoms with E-state index in [1.165, 1.54) is 18.7 Å². The molecule has 0 saturated carbocycles. The van der Waals surface area contributed by atoms with Crippen molar-refractivity contribution >= 4 is 46.6 Å². The molecular weight excluding hydrogens is 443 g/mol. The number of fused-ring (bicyclic) bond motifs is 3. The van der Waals surface area contributed by atoms with Crippen LogP contribution in [0.4, 0.5) is 5.69 Å². The molecule has 0 saturated heterocycles. The largest absolute Gasteiger partial charge is 0.325 e. The van der Waals surface area contributed by atoms with Gasteiger partial charge in [-0.05, 0) is 35.0 Å². The number of para-hydroxylation sites is 1. The standard InChI is InChI=1S/C21H16Cl2N4O2S/c1-3-10-30-21-24-19(29)18-15-6-4-5-7-17(15)26(12(2)28)20(27(18)25-21)14-9-8-13(22)11-16(14)23/h3-9,11,20H,1,10H2,2H3/p+1. The molecule has 1 unspecified atom stereocenters. The number of halogens is 2. The topological polar surface area (TPSA) is 69.9 Å². The maximum Gasteiger partial charge on any atom is 0.325 e. The molecule has 1 aliphatic heterocycles. The van der Waals surface area contributed by atoms with Gasteiger partial charge in [0.25, 0.3) is 6.17 Å². The second-order valence-electron chi connectivity index (χ2n) is 6.60. The van der Waals surface area contributed by atoms with Crippen molar-refractivity contribution in [2.24, 2.45) is 0 Å². The number of aromatic amines is 1. The summed E-state index contributed by atoms with van der Waals surface area (Å²) in [4.78, 5) is 30.3. The van der Waals surface area contributed by atoms with Gasteiger partial charge in [-0.3, -0.25) is 14.6 Å². The van der Waals surface area contributed by atoms with E-state index in [9.17, 15) is 9.59 Å². The molecule has 3 aromatic rings. The van der Waals surface area contributed by atoms with Gasteiger partial charge in [0.2, 0.25) is 11.1 Å². The normalized spacial score (nSPS) is 14.8. The van der Waals surface area contributed by atoms with Crippen molar-refractivity contribution in [3.05, 3.63) is 81.1 Å². The summed E-state index contributed by atoms with van der Waals surface area (Å²) < 4.78 is 1.56. The number of carbonyl (C=O) groups excluding carboxylic acids is 1. The fourth-order valence-corrected chi connectivity index (χ4v) is 4.60. The van der Waals surface area contributed by atoms with Gasteiger partial charge in [0.15, 0.2) is 0 Å². The van der Waals surface area contributed by atoms with Crippen molar-refractivity contribution in [1.29, 1.82) is 0 Å². The van der Waals surface area contributed by atoms with E-state index >= 15 is 0 Å². The van der Waals surface area contributed by atoms with E-state index in [0.29, 0.717) is 43.5 Å². The van der Waals surface area contributed by atoms with Crippen LogP contribution in [-0.2, 0) is 4.79 Å². The first kappa shape index (κ1) is 20.7. The van der Waals surface area contributed by atoms with E-state index in [0.717, 1.165) is 0 Å². The lowest BCUT2D eigenvalue weighted by Crippen LogP contribution is -2.60. The van der Waals surface area contributed by atoms with Crippen molar-refractivity contribution in [2.75, 3.05) is 10.7 Å². The fraction of sp³-hybridized carbons (Fsp3) is 0.143. The zero-order valence-electron chi connectivity index (χ0n) is 15.9. The highest BCUT2D eigenvalue weighted by Crippen LogP contribution is 2.39. The van der Waals surface area contributed by atoms with Crippen LogP contribution in [0, 0.1) is 0 Å². The molecule has 2 heterocycles. The summed E-state index contributed by atoms with van der Waals surface area (Å²) in [5.41, 5.74) is 1.88. The van der Waals surface area contributed by atoms with E-state index in [4.69, 9.17) is 23.2 Å². The zero-order chi connectivity index (χ0) is 21.4. The smallest absolute Gasteiger partial charge is 0.291 e. The summed E-state index contributed by atoms with van der Waals surface area (Å²) in [5, 5.41) is 5.92. The molecule has 1 amide bonds. The Kier molecular flexibility index (Phi) is 5.69. The molecule has 2 aromatic carbocycles. The van der Waals surface area contributed by atoms with Crippen molar-refractivity contribution in [3.8, 4) is 11.3 Å². The second-order valence-corrected chi connectivity index (χ2v) is 8.45. The Balaban J connectivity index is 2.06. The van der Waals surface area contributed by atoms with Crippen LogP contribution in [0.25, 0.3) is 11.3 Å². The number of amides is 1. The molecular formula is C21H17Cl2N4O2S+. The average molecular weight is 460 g/mol. The van der Waals surface area contributed by atoms with E-state index in [1.807, 2.05) is 12.1 Å². The Morgan fingerprint density at radius 3 is 2.80 bits per heavy atom. The Hall–Kier alpha value is -2.61. The summed E-state index contributed by atoms with van der Waals surface area (Å²) in [6, 6.07) is 12.3. The molecule has 1 atom stereocenters. The molecule has 30 heavy (non-hydrogen) atoms. The molecule has 1 N–H and O–H groups in total. The van der Waals surface area contributed by atoms with Gasteiger partial charge in [-0.2, -0.15) is 0 Å². The van der Waals surface area contributed by atoms with E-state index in [1.54, 1.807) is 46.0 Å². The average Bonchev–Trinajstić information content (AvgIpc) is 2.71. The number of aromatic nitrogens is 3. The maximum atomic E-state index is 13.1. The minimum Gasteiger partial charge on any atom is -0.291 e. The third-order valence-electron chi connectivity index (χ3n) is 4.68. The molecule has 4 rings (SSSR count). The van der Waals surface area contributed by atoms with E-state index < -0.39 is 6.17 Å². The molecule has 0 radical (unpaired) electrons. The van der Waals surface area contributed by atoms with Gasteiger partial charge in [-0.25, -0.2) is 4.90 Å². The first-order valence-electron chi connectivity index (χ1n) is 9.06. The molecule has 0 bridgehead atoms. The van der Waals surface area contributed by atoms with Crippen molar-refractivity contribution in [3.63, 3.8) is 0 Å². The predicted molar refractivity (Wildman–Crippen MR) is 119 cm³/mol. The third-order valence-corrected chi connectivity index (χ3v) is 6.10. The van der Waals surface area contributed by atoms with Gasteiger partial charge in [-0.15, -0.1) is 6.58 Å². The number of H-pyrrole nitrogens is 1. The second kappa shape index (κ2) is 8.26. The summed E-state index contributed by atoms with van der Waals surface area (Å²) in [7, 11) is 0. The van der Waals surface area contributed by atoms with Gasteiger partial charge in [-0.1, -0.05) is 53.2 Å². The third kappa shape index (κ3) is 3.53. The quantitative estimate of drug-likeness (QED) is 0.360.